The van der Waals surface area contributed by atoms with Crippen LogP contribution in [0.5, 0.6) is 0 Å². The lowest BCUT2D eigenvalue weighted by Gasteiger charge is -2.17. The molecule has 0 unspecified atom stereocenters. The summed E-state index contributed by atoms with van der Waals surface area (Å²) in [6.07, 6.45) is 10.8. The molecule has 0 aliphatic rings. The van der Waals surface area contributed by atoms with Gasteiger partial charge < -0.3 is 8.97 Å². The van der Waals surface area contributed by atoms with Crippen LogP contribution in [0.15, 0.2) is 49.3 Å². The van der Waals surface area contributed by atoms with E-state index in [1.807, 2.05) is 43.1 Å². The summed E-state index contributed by atoms with van der Waals surface area (Å²) in [7, 11) is 0. The Labute approximate surface area is 160 Å². The molecule has 4 heteroatoms. The molecule has 0 saturated carbocycles. The van der Waals surface area contributed by atoms with Crippen molar-refractivity contribution in [3.63, 3.8) is 0 Å². The number of aromatic nitrogens is 4. The summed E-state index contributed by atoms with van der Waals surface area (Å²) < 4.78 is 4.26. The third kappa shape index (κ3) is 7.85. The molecule has 0 aliphatic carbocycles. The second-order valence-electron chi connectivity index (χ2n) is 8.71. The molecule has 3 aromatic rings. The lowest BCUT2D eigenvalue weighted by atomic mass is 9.91. The number of pyridine rings is 1. The molecular weight excluding hydrogens is 320 g/mol. The number of fused-ring (bicyclic) bond motifs is 1. The number of hydrogen-bond donors (Lipinski definition) is 0. The number of hydrogen-bond acceptors (Lipinski definition) is 2. The number of rotatable bonds is 2. The summed E-state index contributed by atoms with van der Waals surface area (Å²) in [4.78, 5) is 8.34. The molecule has 0 fully saturated rings. The minimum Gasteiger partial charge on any atom is -0.337 e. The standard InChI is InChI=1S/C12H16N2.C8H14N2.2CH4/c1-12(2,3)8-10-9-13-11-6-4-5-7-14(10)11;1-8(2,3)6-10-5-4-9-7-10;;/h4-7,9H,8H2,1-3H3;4-5,7H,6H2,1-3H3;2*1H4. The normalized spacial score (nSPS) is 11.2. The van der Waals surface area contributed by atoms with Crippen molar-refractivity contribution in [2.24, 2.45) is 10.8 Å². The van der Waals surface area contributed by atoms with Gasteiger partial charge in [0.05, 0.1) is 6.33 Å². The van der Waals surface area contributed by atoms with Gasteiger partial charge in [-0.15, -0.1) is 0 Å². The van der Waals surface area contributed by atoms with Crippen molar-refractivity contribution in [3.8, 4) is 0 Å². The third-order valence-corrected chi connectivity index (χ3v) is 3.42. The predicted molar refractivity (Wildman–Crippen MR) is 113 cm³/mol. The Morgan fingerprint density at radius 3 is 2.15 bits per heavy atom. The van der Waals surface area contributed by atoms with Crippen LogP contribution >= 0.6 is 0 Å². The van der Waals surface area contributed by atoms with Gasteiger partial charge in [-0.3, -0.25) is 0 Å². The average Bonchev–Trinajstić information content (AvgIpc) is 3.07. The van der Waals surface area contributed by atoms with Gasteiger partial charge in [-0.1, -0.05) is 62.5 Å². The van der Waals surface area contributed by atoms with Crippen LogP contribution in [0.2, 0.25) is 0 Å². The van der Waals surface area contributed by atoms with E-state index >= 15 is 0 Å². The van der Waals surface area contributed by atoms with Gasteiger partial charge in [0.15, 0.2) is 0 Å². The van der Waals surface area contributed by atoms with Crippen molar-refractivity contribution in [1.29, 1.82) is 0 Å². The smallest absolute Gasteiger partial charge is 0.136 e. The van der Waals surface area contributed by atoms with Crippen molar-refractivity contribution >= 4 is 5.65 Å². The molecule has 3 rings (SSSR count). The van der Waals surface area contributed by atoms with Crippen LogP contribution in [-0.2, 0) is 13.0 Å². The Morgan fingerprint density at radius 2 is 1.62 bits per heavy atom. The van der Waals surface area contributed by atoms with E-state index in [-0.39, 0.29) is 14.9 Å². The van der Waals surface area contributed by atoms with Crippen molar-refractivity contribution in [3.05, 3.63) is 55.0 Å². The minimum atomic E-state index is 0. The highest BCUT2D eigenvalue weighted by Gasteiger charge is 2.14. The molecule has 26 heavy (non-hydrogen) atoms. The molecule has 3 heterocycles. The first kappa shape index (κ1) is 23.9. The zero-order valence-electron chi connectivity index (χ0n) is 15.8. The van der Waals surface area contributed by atoms with E-state index in [1.54, 1.807) is 0 Å². The van der Waals surface area contributed by atoms with E-state index in [9.17, 15) is 0 Å². The maximum absolute atomic E-state index is 4.37. The van der Waals surface area contributed by atoms with E-state index < -0.39 is 0 Å². The first-order chi connectivity index (χ1) is 11.1. The lowest BCUT2D eigenvalue weighted by molar-refractivity contribution is 0.343. The molecule has 0 amide bonds. The summed E-state index contributed by atoms with van der Waals surface area (Å²) in [5.74, 6) is 0. The Morgan fingerprint density at radius 1 is 0.923 bits per heavy atom. The zero-order chi connectivity index (χ0) is 17.8. The maximum Gasteiger partial charge on any atom is 0.136 e. The fraction of sp³-hybridized carbons (Fsp3) is 0.545. The van der Waals surface area contributed by atoms with Gasteiger partial charge in [-0.05, 0) is 29.4 Å². The highest BCUT2D eigenvalue weighted by molar-refractivity contribution is 5.39. The van der Waals surface area contributed by atoms with E-state index in [0.717, 1.165) is 18.6 Å². The monoisotopic (exact) mass is 358 g/mol. The van der Waals surface area contributed by atoms with Crippen molar-refractivity contribution in [2.75, 3.05) is 0 Å². The largest absolute Gasteiger partial charge is 0.337 e. The van der Waals surface area contributed by atoms with Gasteiger partial charge in [0, 0.05) is 37.0 Å². The van der Waals surface area contributed by atoms with E-state index in [4.69, 9.17) is 0 Å². The van der Waals surface area contributed by atoms with Gasteiger partial charge >= 0.3 is 0 Å². The molecule has 0 saturated heterocycles. The van der Waals surface area contributed by atoms with Crippen LogP contribution in [0.3, 0.4) is 0 Å². The van der Waals surface area contributed by atoms with Crippen LogP contribution < -0.4 is 0 Å². The molecule has 0 spiro atoms. The molecule has 4 nitrogen and oxygen atoms in total. The zero-order valence-corrected chi connectivity index (χ0v) is 15.8. The first-order valence-corrected chi connectivity index (χ1v) is 8.51. The van der Waals surface area contributed by atoms with Gasteiger partial charge in [-0.25, -0.2) is 9.97 Å². The van der Waals surface area contributed by atoms with Crippen LogP contribution in [0.4, 0.5) is 0 Å². The quantitative estimate of drug-likeness (QED) is 0.553. The van der Waals surface area contributed by atoms with Crippen molar-refractivity contribution in [1.82, 2.24) is 18.9 Å². The predicted octanol–water partition coefficient (Wildman–Crippen LogP) is 6.12. The van der Waals surface area contributed by atoms with Gasteiger partial charge in [0.25, 0.3) is 0 Å². The molecule has 0 aromatic carbocycles. The highest BCUT2D eigenvalue weighted by atomic mass is 15.0. The lowest BCUT2D eigenvalue weighted by Crippen LogP contribution is -2.13. The second kappa shape index (κ2) is 9.56. The average molecular weight is 359 g/mol. The molecule has 3 aromatic heterocycles. The van der Waals surface area contributed by atoms with Crippen molar-refractivity contribution in [2.45, 2.75) is 69.4 Å². The summed E-state index contributed by atoms with van der Waals surface area (Å²) in [5.41, 5.74) is 2.98. The first-order valence-electron chi connectivity index (χ1n) is 8.51. The van der Waals surface area contributed by atoms with Gasteiger partial charge in [0.1, 0.15) is 5.65 Å². The number of nitrogens with zero attached hydrogens (tertiary/aromatic N) is 4. The summed E-state index contributed by atoms with van der Waals surface area (Å²) in [5, 5.41) is 0. The highest BCUT2D eigenvalue weighted by Crippen LogP contribution is 2.21. The fourth-order valence-electron chi connectivity index (χ4n) is 2.59. The Kier molecular flexibility index (Phi) is 8.79. The Balaban J connectivity index is 0.000000469. The Hall–Kier alpha value is -2.10. The molecule has 0 radical (unpaired) electrons. The summed E-state index contributed by atoms with van der Waals surface area (Å²) in [6, 6.07) is 6.09. The number of imidazole rings is 2. The van der Waals surface area contributed by atoms with Gasteiger partial charge in [-0.2, -0.15) is 0 Å². The van der Waals surface area contributed by atoms with Crippen LogP contribution in [0.25, 0.3) is 5.65 Å². The summed E-state index contributed by atoms with van der Waals surface area (Å²) in [6.45, 7) is 14.4. The second-order valence-corrected chi connectivity index (χ2v) is 8.71. The van der Waals surface area contributed by atoms with Gasteiger partial charge in [0.2, 0.25) is 0 Å². The molecule has 0 aliphatic heterocycles. The minimum absolute atomic E-state index is 0. The van der Waals surface area contributed by atoms with Crippen LogP contribution in [0.1, 0.15) is 62.1 Å². The molecule has 146 valence electrons. The maximum atomic E-state index is 4.37. The van der Waals surface area contributed by atoms with E-state index in [2.05, 4.69) is 66.7 Å². The van der Waals surface area contributed by atoms with Crippen LogP contribution in [0, 0.1) is 10.8 Å². The third-order valence-electron chi connectivity index (χ3n) is 3.42. The topological polar surface area (TPSA) is 35.1 Å². The molecular formula is C22H38N4. The molecule has 0 N–H and O–H groups in total. The van der Waals surface area contributed by atoms with Crippen LogP contribution in [-0.4, -0.2) is 18.9 Å². The Bertz CT molecular complexity index is 740. The SMILES string of the molecule is C.C.CC(C)(C)Cc1cnc2ccccn12.CC(C)(C)Cn1ccnc1. The van der Waals surface area contributed by atoms with Crippen molar-refractivity contribution < 1.29 is 0 Å². The summed E-state index contributed by atoms with van der Waals surface area (Å²) >= 11 is 0. The molecule has 0 bridgehead atoms. The molecule has 0 atom stereocenters. The van der Waals surface area contributed by atoms with E-state index in [0.29, 0.717) is 10.8 Å². The fourth-order valence-corrected chi connectivity index (χ4v) is 2.59. The van der Waals surface area contributed by atoms with E-state index in [1.165, 1.54) is 5.69 Å².